The Hall–Kier alpha value is -5.51. The molecule has 7 aromatic carbocycles. The van der Waals surface area contributed by atoms with Gasteiger partial charge in [-0.2, -0.15) is 0 Å². The van der Waals surface area contributed by atoms with Gasteiger partial charge in [-0.05, 0) is 157 Å². The Morgan fingerprint density at radius 2 is 0.839 bits per heavy atom. The predicted molar refractivity (Wildman–Crippen MR) is 267 cm³/mol. The van der Waals surface area contributed by atoms with E-state index >= 15 is 0 Å². The van der Waals surface area contributed by atoms with Gasteiger partial charge >= 0.3 is 0 Å². The van der Waals surface area contributed by atoms with Crippen LogP contribution in [0.3, 0.4) is 0 Å². The second kappa shape index (κ2) is 13.7. The second-order valence-corrected chi connectivity index (χ2v) is 21.7. The molecule has 0 amide bonds. The first kappa shape index (κ1) is 39.3. The standard InChI is InChI=1S/C58H56BClN2/c1-55(2)27-28-56(3,4)45-34-43(24-25-44(45)55)62-51-36-47-46(57(5,6)29-30-58(47,7)8)35-49(51)59-48-31-40(38-17-13-10-14-18-38)21-26-50(48)61(52-32-41(60)33-53(62)54(52)59)42-22-19-39(20-23-42)37-15-11-9-12-16-37/h9-26,31-36H,27-30H2,1-8H3. The number of fused-ring (bicyclic) bond motifs is 6. The smallest absolute Gasteiger partial charge is 0.252 e. The van der Waals surface area contributed by atoms with Gasteiger partial charge in [-0.25, -0.2) is 0 Å². The van der Waals surface area contributed by atoms with E-state index in [-0.39, 0.29) is 28.4 Å². The lowest BCUT2D eigenvalue weighted by Crippen LogP contribution is -2.61. The van der Waals surface area contributed by atoms with Gasteiger partial charge in [0.05, 0.1) is 0 Å². The molecule has 0 spiro atoms. The van der Waals surface area contributed by atoms with Crippen LogP contribution in [-0.4, -0.2) is 6.71 Å². The van der Waals surface area contributed by atoms with E-state index in [0.29, 0.717) is 0 Å². The molecule has 0 saturated carbocycles. The van der Waals surface area contributed by atoms with Gasteiger partial charge in [0.2, 0.25) is 0 Å². The van der Waals surface area contributed by atoms with Crippen LogP contribution < -0.4 is 26.2 Å². The topological polar surface area (TPSA) is 6.48 Å². The minimum atomic E-state index is -0.0128. The molecule has 7 aromatic rings. The van der Waals surface area contributed by atoms with Gasteiger partial charge in [-0.15, -0.1) is 0 Å². The van der Waals surface area contributed by atoms with Gasteiger partial charge < -0.3 is 9.80 Å². The molecule has 2 aliphatic heterocycles. The van der Waals surface area contributed by atoms with E-state index in [1.54, 1.807) is 0 Å². The number of rotatable bonds is 4. The monoisotopic (exact) mass is 826 g/mol. The number of nitrogens with zero attached hydrogens (tertiary/aromatic N) is 2. The molecule has 0 N–H and O–H groups in total. The third-order valence-corrected chi connectivity index (χ3v) is 15.7. The van der Waals surface area contributed by atoms with Crippen molar-refractivity contribution in [2.45, 2.75) is 103 Å². The summed E-state index contributed by atoms with van der Waals surface area (Å²) in [5.41, 5.74) is 22.1. The van der Waals surface area contributed by atoms with Crippen LogP contribution in [0.1, 0.15) is 103 Å². The molecule has 0 bridgehead atoms. The van der Waals surface area contributed by atoms with E-state index in [4.69, 9.17) is 11.6 Å². The Bertz CT molecular complexity index is 2930. The number of benzene rings is 7. The Balaban J connectivity index is 1.22. The molecule has 0 fully saturated rings. The number of anilines is 6. The number of hydrogen-bond donors (Lipinski definition) is 0. The van der Waals surface area contributed by atoms with Crippen molar-refractivity contribution >= 4 is 68.8 Å². The van der Waals surface area contributed by atoms with Crippen LogP contribution in [0, 0.1) is 0 Å². The quantitative estimate of drug-likeness (QED) is 0.163. The Morgan fingerprint density at radius 1 is 0.387 bits per heavy atom. The largest absolute Gasteiger partial charge is 0.311 e. The fraction of sp³-hybridized carbons (Fsp3) is 0.276. The van der Waals surface area contributed by atoms with Crippen molar-refractivity contribution < 1.29 is 0 Å². The van der Waals surface area contributed by atoms with E-state index in [1.807, 2.05) is 0 Å². The highest BCUT2D eigenvalue weighted by Gasteiger charge is 2.47. The Morgan fingerprint density at radius 3 is 1.44 bits per heavy atom. The highest BCUT2D eigenvalue weighted by molar-refractivity contribution is 7.00. The van der Waals surface area contributed by atoms with E-state index in [2.05, 4.69) is 211 Å². The Labute approximate surface area is 374 Å². The normalized spacial score (nSPS) is 18.2. The molecular formula is C58H56BClN2. The lowest BCUT2D eigenvalue weighted by molar-refractivity contribution is 0.332. The van der Waals surface area contributed by atoms with Crippen LogP contribution in [0.2, 0.25) is 5.02 Å². The molecule has 2 heterocycles. The van der Waals surface area contributed by atoms with Crippen molar-refractivity contribution in [2.24, 2.45) is 0 Å². The highest BCUT2D eigenvalue weighted by atomic mass is 35.5. The summed E-state index contributed by atoms with van der Waals surface area (Å²) in [6, 6.07) is 54.9. The average Bonchev–Trinajstić information content (AvgIpc) is 3.27. The average molecular weight is 827 g/mol. The van der Waals surface area contributed by atoms with E-state index in [1.165, 1.54) is 84.4 Å². The maximum atomic E-state index is 7.45. The zero-order valence-corrected chi connectivity index (χ0v) is 38.3. The van der Waals surface area contributed by atoms with Crippen molar-refractivity contribution in [3.8, 4) is 22.3 Å². The summed E-state index contributed by atoms with van der Waals surface area (Å²) in [5, 5.41) is 0.736. The SMILES string of the molecule is CC1(C)CCC(C)(C)c2cc(N3c4cc5c(cc4B4c6cc(-c7ccccc7)ccc6N(c6ccc(-c7ccccc7)cc6)c6cc(Cl)cc3c64)C(C)(C)CCC5(C)C)ccc21. The molecule has 11 rings (SSSR count). The van der Waals surface area contributed by atoms with Gasteiger partial charge in [0.1, 0.15) is 0 Å². The predicted octanol–water partition coefficient (Wildman–Crippen LogP) is 14.5. The lowest BCUT2D eigenvalue weighted by Gasteiger charge is -2.48. The highest BCUT2D eigenvalue weighted by Crippen LogP contribution is 2.53. The van der Waals surface area contributed by atoms with Crippen molar-refractivity contribution in [3.63, 3.8) is 0 Å². The van der Waals surface area contributed by atoms with Gasteiger partial charge in [0, 0.05) is 39.1 Å². The van der Waals surface area contributed by atoms with E-state index in [0.717, 1.165) is 41.3 Å². The summed E-state index contributed by atoms with van der Waals surface area (Å²) in [4.78, 5) is 5.07. The molecule has 0 radical (unpaired) electrons. The number of halogens is 1. The van der Waals surface area contributed by atoms with Crippen LogP contribution in [0.15, 0.2) is 146 Å². The van der Waals surface area contributed by atoms with Gasteiger partial charge in [-0.1, -0.05) is 164 Å². The molecule has 2 nitrogen and oxygen atoms in total. The molecular weight excluding hydrogens is 771 g/mol. The fourth-order valence-corrected chi connectivity index (χ4v) is 11.7. The fourth-order valence-electron chi connectivity index (χ4n) is 11.5. The minimum absolute atomic E-state index is 0.0128. The molecule has 0 atom stereocenters. The molecule has 0 saturated heterocycles. The molecule has 0 aromatic heterocycles. The van der Waals surface area contributed by atoms with Crippen LogP contribution in [0.25, 0.3) is 22.3 Å². The summed E-state index contributed by atoms with van der Waals surface area (Å²) in [6.07, 6.45) is 4.67. The molecule has 4 aliphatic rings. The first-order chi connectivity index (χ1) is 29.6. The zero-order chi connectivity index (χ0) is 42.9. The van der Waals surface area contributed by atoms with Crippen molar-refractivity contribution in [3.05, 3.63) is 173 Å². The summed E-state index contributed by atoms with van der Waals surface area (Å²) < 4.78 is 0. The van der Waals surface area contributed by atoms with Crippen molar-refractivity contribution in [1.82, 2.24) is 0 Å². The zero-order valence-electron chi connectivity index (χ0n) is 37.5. The van der Waals surface area contributed by atoms with E-state index in [9.17, 15) is 0 Å². The first-order valence-electron chi connectivity index (χ1n) is 22.7. The maximum absolute atomic E-state index is 7.45. The second-order valence-electron chi connectivity index (χ2n) is 21.2. The third kappa shape index (κ3) is 6.05. The van der Waals surface area contributed by atoms with Crippen LogP contribution in [0.4, 0.5) is 34.1 Å². The van der Waals surface area contributed by atoms with Crippen LogP contribution >= 0.6 is 11.6 Å². The molecule has 0 unspecified atom stereocenters. The van der Waals surface area contributed by atoms with Gasteiger partial charge in [-0.3, -0.25) is 0 Å². The summed E-state index contributed by atoms with van der Waals surface area (Å²) >= 11 is 7.45. The third-order valence-electron chi connectivity index (χ3n) is 15.4. The first-order valence-corrected chi connectivity index (χ1v) is 23.1. The van der Waals surface area contributed by atoms with Gasteiger partial charge in [0.25, 0.3) is 6.71 Å². The summed E-state index contributed by atoms with van der Waals surface area (Å²) in [5.74, 6) is 0. The van der Waals surface area contributed by atoms with Crippen LogP contribution in [0.5, 0.6) is 0 Å². The van der Waals surface area contributed by atoms with Crippen molar-refractivity contribution in [2.75, 3.05) is 9.80 Å². The van der Waals surface area contributed by atoms with E-state index < -0.39 is 0 Å². The van der Waals surface area contributed by atoms with Gasteiger partial charge in [0.15, 0.2) is 0 Å². The molecule has 4 heteroatoms. The minimum Gasteiger partial charge on any atom is -0.311 e. The molecule has 2 aliphatic carbocycles. The van der Waals surface area contributed by atoms with Crippen molar-refractivity contribution in [1.29, 1.82) is 0 Å². The maximum Gasteiger partial charge on any atom is 0.252 e. The summed E-state index contributed by atoms with van der Waals surface area (Å²) in [7, 11) is 0. The molecule has 308 valence electrons. The molecule has 62 heavy (non-hydrogen) atoms. The Kier molecular flexibility index (Phi) is 8.72. The number of hydrogen-bond acceptors (Lipinski definition) is 2. The van der Waals surface area contributed by atoms with Crippen LogP contribution in [-0.2, 0) is 21.7 Å². The summed E-state index contributed by atoms with van der Waals surface area (Å²) in [6.45, 7) is 19.5. The lowest BCUT2D eigenvalue weighted by atomic mass is 9.33.